The minimum absolute atomic E-state index is 0.214. The molecule has 0 spiro atoms. The van der Waals surface area contributed by atoms with Crippen molar-refractivity contribution in [3.63, 3.8) is 0 Å². The molecular weight excluding hydrogens is 1240 g/mol. The molecule has 101 heavy (non-hydrogen) atoms. The monoisotopic (exact) mass is 1390 g/mol. The van der Waals surface area contributed by atoms with Crippen molar-refractivity contribution in [2.75, 3.05) is 21.1 Å². The molecule has 4 fully saturated rings. The molecule has 0 radical (unpaired) electrons. The van der Waals surface area contributed by atoms with Gasteiger partial charge in [0, 0.05) is 56.7 Å². The highest BCUT2D eigenvalue weighted by atomic mass is 16.8. The highest BCUT2D eigenvalue weighted by Crippen LogP contribution is 2.46. The summed E-state index contributed by atoms with van der Waals surface area (Å²) < 4.78 is 28.4. The maximum absolute atomic E-state index is 7.14. The van der Waals surface area contributed by atoms with Gasteiger partial charge in [-0.15, -0.1) is 0 Å². The van der Waals surface area contributed by atoms with E-state index >= 15 is 0 Å². The zero-order valence-electron chi connectivity index (χ0n) is 67.1. The number of fused-ring (bicyclic) bond motifs is 2. The van der Waals surface area contributed by atoms with Gasteiger partial charge >= 0.3 is 0 Å². The summed E-state index contributed by atoms with van der Waals surface area (Å²) in [6.07, 6.45) is 108. The molecule has 7 nitrogen and oxygen atoms in total. The third kappa shape index (κ3) is 37.3. The quantitative estimate of drug-likeness (QED) is 0.0476. The van der Waals surface area contributed by atoms with Crippen molar-refractivity contribution in [3.05, 3.63) is 126 Å². The largest absolute Gasteiger partial charge is 0.344 e. The molecule has 2 saturated heterocycles. The van der Waals surface area contributed by atoms with E-state index in [1.54, 1.807) is 11.1 Å². The molecule has 0 bridgehead atoms. The van der Waals surface area contributed by atoms with E-state index in [4.69, 9.17) is 18.9 Å². The molecule has 2 saturated carbocycles. The fraction of sp³-hybridized carbons (Fsp3) is 0.777. The van der Waals surface area contributed by atoms with Gasteiger partial charge in [0.05, 0.1) is 24.4 Å². The van der Waals surface area contributed by atoms with Crippen LogP contribution in [0.15, 0.2) is 121 Å². The molecular formula is C94H159N3O4. The number of hydrogen-bond acceptors (Lipinski definition) is 7. The van der Waals surface area contributed by atoms with Crippen LogP contribution >= 0.6 is 0 Å². The van der Waals surface area contributed by atoms with Gasteiger partial charge in [-0.05, 0) is 236 Å². The second kappa shape index (κ2) is 55.3. The molecule has 1 aromatic heterocycles. The first-order valence-corrected chi connectivity index (χ1v) is 43.9. The SMILES string of the molecule is CCCCC/C=C\C/C=C\CCCCCCCCC1(CCCCCCCCC=C2C/C=C\CC(CCC)C(C)CCCC=C2C/C=C\CCCCCCCCC2(CCCCCCCC/C=C\C/C=C\CCCCC)O[C@@H]3CC[C@H](N(C)C)C[C@H]3O2)O[C@H]2CC(N(C)Cc3cccnc3)C[C@H]2O1. The summed E-state index contributed by atoms with van der Waals surface area (Å²) in [7, 11) is 6.76. The summed E-state index contributed by atoms with van der Waals surface area (Å²) in [5.74, 6) is 0.864. The van der Waals surface area contributed by atoms with E-state index in [9.17, 15) is 0 Å². The van der Waals surface area contributed by atoms with Crippen LogP contribution < -0.4 is 0 Å². The van der Waals surface area contributed by atoms with Gasteiger partial charge in [-0.25, -0.2) is 0 Å². The molecule has 2 aliphatic heterocycles. The Morgan fingerprint density at radius 1 is 0.475 bits per heavy atom. The standard InChI is InChI=1S/C94H159N3O4/c1-8-11-13-15-17-19-21-23-25-27-29-31-35-41-47-57-72-93(98-89-71-70-87(96(5)6)77-90(89)99-93)73-58-48-43-37-33-34-39-45-51-66-85-68-54-53-63-82(4)84(62-10-3)65-55-56-69-86(85)67-52-46-40-38-44-50-60-75-94(74-59-49-42-36-32-30-28-26-24-22-20-18-16-14-12-9-2)100-91-78-88(79-92(91)101-94)97(7)81-83-64-61-76-95-80-83/h17-20,23-26,45,51,55-56,61,64,67-68,76,80,82,84,87-92H,8-16,21-22,27-44,46-50,52-54,57-60,62-63,65-66,69-75,77-79,81H2,1-7H3/b19-17-,20-18-,25-23-,26-24-,51-45-,56-55-,85-68?,86-67?/t82?,84?,87-,88?,89+,90+,91-,92+,93?,94?/m0/s1. The van der Waals surface area contributed by atoms with Crippen LogP contribution in [0.25, 0.3) is 0 Å². The van der Waals surface area contributed by atoms with E-state index in [-0.39, 0.29) is 30.2 Å². The van der Waals surface area contributed by atoms with Crippen molar-refractivity contribution >= 4 is 0 Å². The average Bonchev–Trinajstić information content (AvgIpc) is 1.64. The number of hydrogen-bond donors (Lipinski definition) is 0. The lowest BCUT2D eigenvalue weighted by molar-refractivity contribution is -0.193. The average molecular weight is 1400 g/mol. The normalized spacial score (nSPS) is 26.1. The fourth-order valence-corrected chi connectivity index (χ4v) is 17.2. The molecule has 5 aliphatic rings. The van der Waals surface area contributed by atoms with Crippen LogP contribution in [0.2, 0.25) is 0 Å². The lowest BCUT2D eigenvalue weighted by atomic mass is 9.83. The Bertz CT molecular complexity index is 2420. The molecule has 1 aromatic rings. The van der Waals surface area contributed by atoms with Crippen molar-refractivity contribution in [3.8, 4) is 0 Å². The molecule has 10 atom stereocenters. The summed E-state index contributed by atoms with van der Waals surface area (Å²) >= 11 is 0. The number of rotatable bonds is 56. The molecule has 6 rings (SSSR count). The van der Waals surface area contributed by atoms with Gasteiger partial charge in [-0.1, -0.05) is 267 Å². The predicted molar refractivity (Wildman–Crippen MR) is 437 cm³/mol. The third-order valence-corrected chi connectivity index (χ3v) is 23.8. The Labute approximate surface area is 625 Å². The Morgan fingerprint density at radius 2 is 0.931 bits per heavy atom. The molecule has 5 unspecified atom stereocenters. The van der Waals surface area contributed by atoms with Gasteiger partial charge in [0.2, 0.25) is 0 Å². The van der Waals surface area contributed by atoms with E-state index in [1.807, 2.05) is 12.4 Å². The molecule has 0 amide bonds. The zero-order chi connectivity index (χ0) is 71.4. The highest BCUT2D eigenvalue weighted by Gasteiger charge is 2.52. The predicted octanol–water partition coefficient (Wildman–Crippen LogP) is 27.8. The molecule has 0 aromatic carbocycles. The topological polar surface area (TPSA) is 56.3 Å². The van der Waals surface area contributed by atoms with Crippen molar-refractivity contribution in [1.82, 2.24) is 14.8 Å². The first-order valence-electron chi connectivity index (χ1n) is 43.9. The number of aromatic nitrogens is 1. The first-order chi connectivity index (χ1) is 49.6. The smallest absolute Gasteiger partial charge is 0.169 e. The summed E-state index contributed by atoms with van der Waals surface area (Å²) in [5, 5.41) is 0. The zero-order valence-corrected chi connectivity index (χ0v) is 67.1. The molecule has 3 heterocycles. The van der Waals surface area contributed by atoms with Crippen LogP contribution in [0.3, 0.4) is 0 Å². The molecule has 0 N–H and O–H groups in total. The Kier molecular flexibility index (Phi) is 47.5. The van der Waals surface area contributed by atoms with Gasteiger partial charge in [0.1, 0.15) is 0 Å². The molecule has 7 heteroatoms. The van der Waals surface area contributed by atoms with Crippen LogP contribution in [0.5, 0.6) is 0 Å². The van der Waals surface area contributed by atoms with Gasteiger partial charge in [0.25, 0.3) is 0 Å². The van der Waals surface area contributed by atoms with Crippen LogP contribution in [0, 0.1) is 11.8 Å². The van der Waals surface area contributed by atoms with Crippen LogP contribution in [-0.4, -0.2) is 84.0 Å². The third-order valence-electron chi connectivity index (χ3n) is 23.8. The number of ether oxygens (including phenoxy) is 4. The van der Waals surface area contributed by atoms with E-state index in [0.717, 1.165) is 95.4 Å². The van der Waals surface area contributed by atoms with Crippen LogP contribution in [0.4, 0.5) is 0 Å². The van der Waals surface area contributed by atoms with E-state index in [2.05, 4.69) is 161 Å². The Balaban J connectivity index is 0.892. The van der Waals surface area contributed by atoms with Crippen molar-refractivity contribution < 1.29 is 18.9 Å². The van der Waals surface area contributed by atoms with Crippen molar-refractivity contribution in [2.45, 2.75) is 435 Å². The summed E-state index contributed by atoms with van der Waals surface area (Å²) in [4.78, 5) is 9.30. The van der Waals surface area contributed by atoms with Crippen molar-refractivity contribution in [1.29, 1.82) is 0 Å². The number of nitrogens with zero attached hydrogens (tertiary/aromatic N) is 3. The minimum atomic E-state index is -0.396. The number of allylic oxidation sites excluding steroid dienone is 16. The maximum atomic E-state index is 7.14. The number of pyridine rings is 1. The van der Waals surface area contributed by atoms with E-state index < -0.39 is 5.79 Å². The van der Waals surface area contributed by atoms with Crippen LogP contribution in [-0.2, 0) is 25.5 Å². The Hall–Kier alpha value is -3.17. The van der Waals surface area contributed by atoms with Crippen LogP contribution in [0.1, 0.15) is 386 Å². The van der Waals surface area contributed by atoms with Gasteiger partial charge in [-0.2, -0.15) is 0 Å². The second-order valence-corrected chi connectivity index (χ2v) is 32.8. The van der Waals surface area contributed by atoms with Gasteiger partial charge in [0.15, 0.2) is 11.6 Å². The van der Waals surface area contributed by atoms with E-state index in [1.165, 1.54) is 282 Å². The van der Waals surface area contributed by atoms with Crippen molar-refractivity contribution in [2.24, 2.45) is 11.8 Å². The minimum Gasteiger partial charge on any atom is -0.344 e. The number of unbranched alkanes of at least 4 members (excludes halogenated alkanes) is 30. The van der Waals surface area contributed by atoms with E-state index in [0.29, 0.717) is 12.1 Å². The maximum Gasteiger partial charge on any atom is 0.169 e. The highest BCUT2D eigenvalue weighted by molar-refractivity contribution is 5.34. The lowest BCUT2D eigenvalue weighted by Gasteiger charge is -2.33. The lowest BCUT2D eigenvalue weighted by Crippen LogP contribution is -2.40. The Morgan fingerprint density at radius 3 is 1.42 bits per heavy atom. The second-order valence-electron chi connectivity index (χ2n) is 32.8. The van der Waals surface area contributed by atoms with Gasteiger partial charge in [-0.3, -0.25) is 9.88 Å². The molecule has 574 valence electrons. The van der Waals surface area contributed by atoms with Gasteiger partial charge < -0.3 is 23.8 Å². The summed E-state index contributed by atoms with van der Waals surface area (Å²) in [5.41, 5.74) is 4.47. The first kappa shape index (κ1) is 86.7. The summed E-state index contributed by atoms with van der Waals surface area (Å²) in [6, 6.07) is 5.34. The molecule has 3 aliphatic carbocycles. The fourth-order valence-electron chi connectivity index (χ4n) is 17.2. The summed E-state index contributed by atoms with van der Waals surface area (Å²) in [6.45, 7) is 10.4.